The number of rotatable bonds is 7. The Morgan fingerprint density at radius 2 is 2.15 bits per heavy atom. The van der Waals surface area contributed by atoms with Gasteiger partial charge in [0.2, 0.25) is 0 Å². The van der Waals surface area contributed by atoms with Crippen LogP contribution in [0.25, 0.3) is 11.2 Å². The molecule has 0 spiro atoms. The van der Waals surface area contributed by atoms with Crippen LogP contribution in [0.15, 0.2) is 36.5 Å². The minimum absolute atomic E-state index is 0.0443. The maximum Gasteiger partial charge on any atom is 0.177 e. The number of sulfone groups is 1. The fraction of sp³-hybridized carbons (Fsp3) is 0.348. The van der Waals surface area contributed by atoms with E-state index >= 15 is 0 Å². The normalized spacial score (nSPS) is 16.3. The van der Waals surface area contributed by atoms with Crippen LogP contribution in [0, 0.1) is 11.3 Å². The van der Waals surface area contributed by atoms with Crippen molar-refractivity contribution in [2.45, 2.75) is 31.1 Å². The highest BCUT2D eigenvalue weighted by Crippen LogP contribution is 2.30. The molecule has 1 aliphatic heterocycles. The van der Waals surface area contributed by atoms with Gasteiger partial charge in [-0.2, -0.15) is 14.9 Å². The first-order valence-corrected chi connectivity index (χ1v) is 13.0. The van der Waals surface area contributed by atoms with E-state index in [-0.39, 0.29) is 5.75 Å². The van der Waals surface area contributed by atoms with Gasteiger partial charge in [0.25, 0.3) is 0 Å². The summed E-state index contributed by atoms with van der Waals surface area (Å²) in [6.07, 6.45) is 8.04. The number of nitrogens with one attached hydrogen (secondary N) is 3. The van der Waals surface area contributed by atoms with Crippen molar-refractivity contribution in [1.29, 1.82) is 5.26 Å². The molecule has 2 aliphatic rings. The Kier molecular flexibility index (Phi) is 5.52. The smallest absolute Gasteiger partial charge is 0.177 e. The molecule has 2 aromatic heterocycles. The highest BCUT2D eigenvalue weighted by Gasteiger charge is 2.23. The molecular weight excluding hydrogens is 438 g/mol. The zero-order valence-electron chi connectivity index (χ0n) is 18.3. The van der Waals surface area contributed by atoms with Gasteiger partial charge in [0.1, 0.15) is 23.3 Å². The van der Waals surface area contributed by atoms with Crippen LogP contribution in [0.2, 0.25) is 0 Å². The van der Waals surface area contributed by atoms with Crippen LogP contribution in [0.4, 0.5) is 17.3 Å². The number of aromatic nitrogens is 3. The van der Waals surface area contributed by atoms with E-state index in [1.807, 2.05) is 24.3 Å². The van der Waals surface area contributed by atoms with Crippen LogP contribution in [0.1, 0.15) is 36.0 Å². The minimum atomic E-state index is -3.22. The summed E-state index contributed by atoms with van der Waals surface area (Å²) in [5.41, 5.74) is 4.39. The molecule has 0 bridgehead atoms. The van der Waals surface area contributed by atoms with Crippen LogP contribution < -0.4 is 16.0 Å². The number of hydrogen-bond donors (Lipinski definition) is 3. The van der Waals surface area contributed by atoms with Gasteiger partial charge in [0.05, 0.1) is 11.9 Å². The number of hydrogen-bond acceptors (Lipinski definition) is 8. The molecule has 1 saturated carbocycles. The van der Waals surface area contributed by atoms with Crippen molar-refractivity contribution < 1.29 is 8.42 Å². The SMILES string of the molecule is CS(=O)(=O)Cc1cc(Nc2cc(NC3CC3)n3ncc(C#N)c3n2)ccc1C1=CCCNC1. The zero-order chi connectivity index (χ0) is 23.0. The summed E-state index contributed by atoms with van der Waals surface area (Å²) in [6, 6.07) is 10.2. The predicted molar refractivity (Wildman–Crippen MR) is 128 cm³/mol. The summed E-state index contributed by atoms with van der Waals surface area (Å²) in [6.45, 7) is 1.64. The molecule has 3 N–H and O–H groups in total. The van der Waals surface area contributed by atoms with Gasteiger partial charge in [-0.15, -0.1) is 0 Å². The molecule has 1 aliphatic carbocycles. The van der Waals surface area contributed by atoms with E-state index in [1.54, 1.807) is 4.52 Å². The average Bonchev–Trinajstić information content (AvgIpc) is 3.49. The molecule has 0 atom stereocenters. The molecule has 0 radical (unpaired) electrons. The van der Waals surface area contributed by atoms with Gasteiger partial charge in [-0.3, -0.25) is 0 Å². The molecule has 1 aromatic carbocycles. The Balaban J connectivity index is 1.52. The van der Waals surface area contributed by atoms with Gasteiger partial charge in [-0.25, -0.2) is 13.4 Å². The molecule has 0 amide bonds. The van der Waals surface area contributed by atoms with Crippen LogP contribution >= 0.6 is 0 Å². The minimum Gasteiger partial charge on any atom is -0.367 e. The Bertz CT molecular complexity index is 1400. The van der Waals surface area contributed by atoms with Gasteiger partial charge in [-0.1, -0.05) is 12.1 Å². The number of nitrogens with zero attached hydrogens (tertiary/aromatic N) is 4. The van der Waals surface area contributed by atoms with Gasteiger partial charge in [0, 0.05) is 30.6 Å². The standard InChI is InChI=1S/C23H25N7O2S/c1-33(31,32)14-16-9-19(6-7-20(16)15-3-2-8-25-12-15)27-21-10-22(28-18-4-5-18)30-23(29-21)17(11-24)13-26-30/h3,6-7,9-10,13,18,25,28H,2,4-5,8,12,14H2,1H3,(H,27,29). The first kappa shape index (κ1) is 21.4. The van der Waals surface area contributed by atoms with Crippen molar-refractivity contribution in [3.63, 3.8) is 0 Å². The molecule has 3 aromatic rings. The predicted octanol–water partition coefficient (Wildman–Crippen LogP) is 2.84. The lowest BCUT2D eigenvalue weighted by Gasteiger charge is -2.19. The third-order valence-electron chi connectivity index (χ3n) is 5.69. The average molecular weight is 464 g/mol. The quantitative estimate of drug-likeness (QED) is 0.489. The molecule has 170 valence electrons. The Morgan fingerprint density at radius 1 is 1.30 bits per heavy atom. The number of benzene rings is 1. The third-order valence-corrected chi connectivity index (χ3v) is 6.53. The molecule has 3 heterocycles. The number of nitriles is 1. The van der Waals surface area contributed by atoms with E-state index in [0.717, 1.165) is 60.6 Å². The van der Waals surface area contributed by atoms with Gasteiger partial charge in [0.15, 0.2) is 15.5 Å². The van der Waals surface area contributed by atoms with Crippen molar-refractivity contribution in [3.8, 4) is 6.07 Å². The van der Waals surface area contributed by atoms with Crippen LogP contribution in [0.3, 0.4) is 0 Å². The molecule has 1 fully saturated rings. The maximum atomic E-state index is 12.1. The topological polar surface area (TPSA) is 124 Å². The van der Waals surface area contributed by atoms with Crippen molar-refractivity contribution in [3.05, 3.63) is 53.2 Å². The highest BCUT2D eigenvalue weighted by molar-refractivity contribution is 7.89. The Morgan fingerprint density at radius 3 is 2.85 bits per heavy atom. The molecule has 0 saturated heterocycles. The first-order chi connectivity index (χ1) is 15.9. The van der Waals surface area contributed by atoms with E-state index in [1.165, 1.54) is 12.5 Å². The van der Waals surface area contributed by atoms with Gasteiger partial charge in [-0.05, 0) is 54.6 Å². The Hall–Kier alpha value is -3.42. The van der Waals surface area contributed by atoms with Crippen molar-refractivity contribution >= 4 is 38.4 Å². The fourth-order valence-electron chi connectivity index (χ4n) is 4.03. The second kappa shape index (κ2) is 8.50. The molecule has 9 nitrogen and oxygen atoms in total. The van der Waals surface area contributed by atoms with E-state index in [4.69, 9.17) is 0 Å². The van der Waals surface area contributed by atoms with Gasteiger partial charge < -0.3 is 16.0 Å². The molecule has 10 heteroatoms. The maximum absolute atomic E-state index is 12.1. The summed E-state index contributed by atoms with van der Waals surface area (Å²) in [4.78, 5) is 4.59. The van der Waals surface area contributed by atoms with Crippen molar-refractivity contribution in [2.75, 3.05) is 30.0 Å². The van der Waals surface area contributed by atoms with Crippen LogP contribution in [-0.2, 0) is 15.6 Å². The molecule has 33 heavy (non-hydrogen) atoms. The van der Waals surface area contributed by atoms with Crippen LogP contribution in [-0.4, -0.2) is 48.4 Å². The monoisotopic (exact) mass is 463 g/mol. The zero-order valence-corrected chi connectivity index (χ0v) is 19.1. The molecule has 5 rings (SSSR count). The molecule has 0 unspecified atom stereocenters. The summed E-state index contributed by atoms with van der Waals surface area (Å²) in [7, 11) is -3.22. The lowest BCUT2D eigenvalue weighted by Crippen LogP contribution is -2.22. The second-order valence-corrected chi connectivity index (χ2v) is 10.8. The molecular formula is C23H25N7O2S. The lowest BCUT2D eigenvalue weighted by atomic mass is 9.97. The highest BCUT2D eigenvalue weighted by atomic mass is 32.2. The van der Waals surface area contributed by atoms with E-state index < -0.39 is 9.84 Å². The van der Waals surface area contributed by atoms with E-state index in [9.17, 15) is 13.7 Å². The number of anilines is 3. The van der Waals surface area contributed by atoms with E-state index in [0.29, 0.717) is 23.1 Å². The number of fused-ring (bicyclic) bond motifs is 1. The third kappa shape index (κ3) is 4.84. The largest absolute Gasteiger partial charge is 0.367 e. The van der Waals surface area contributed by atoms with Crippen LogP contribution in [0.5, 0.6) is 0 Å². The Labute approximate surface area is 192 Å². The van der Waals surface area contributed by atoms with Gasteiger partial charge >= 0.3 is 0 Å². The second-order valence-electron chi connectivity index (χ2n) is 8.61. The fourth-order valence-corrected chi connectivity index (χ4v) is 4.83. The van der Waals surface area contributed by atoms with E-state index in [2.05, 4.69) is 38.2 Å². The van der Waals surface area contributed by atoms with Crippen molar-refractivity contribution in [2.24, 2.45) is 0 Å². The summed E-state index contributed by atoms with van der Waals surface area (Å²) >= 11 is 0. The summed E-state index contributed by atoms with van der Waals surface area (Å²) in [5, 5.41) is 23.8. The first-order valence-electron chi connectivity index (χ1n) is 10.9. The summed E-state index contributed by atoms with van der Waals surface area (Å²) in [5.74, 6) is 1.27. The lowest BCUT2D eigenvalue weighted by molar-refractivity contribution is 0.601. The summed E-state index contributed by atoms with van der Waals surface area (Å²) < 4.78 is 25.9. The van der Waals surface area contributed by atoms with Crippen molar-refractivity contribution in [1.82, 2.24) is 19.9 Å².